The third-order valence-electron chi connectivity index (χ3n) is 5.81. The first-order valence-corrected chi connectivity index (χ1v) is 11.1. The van der Waals surface area contributed by atoms with Crippen LogP contribution in [-0.4, -0.2) is 40.7 Å². The molecular weight excluding hydrogens is 350 g/mol. The van der Waals surface area contributed by atoms with Crippen LogP contribution < -0.4 is 4.90 Å². The third kappa shape index (κ3) is 5.25. The minimum Gasteiger partial charge on any atom is -0.443 e. The average molecular weight is 388 g/mol. The van der Waals surface area contributed by atoms with Crippen molar-refractivity contribution in [2.45, 2.75) is 96.7 Å². The first-order chi connectivity index (χ1) is 13.4. The number of aromatic nitrogens is 1. The molecule has 2 heterocycles. The summed E-state index contributed by atoms with van der Waals surface area (Å²) >= 11 is 0. The molecule has 5 heteroatoms. The highest BCUT2D eigenvalue weighted by atomic mass is 16.6. The maximum atomic E-state index is 13.0. The Kier molecular flexibility index (Phi) is 6.97. The van der Waals surface area contributed by atoms with Crippen molar-refractivity contribution in [3.63, 3.8) is 0 Å². The number of hydrogen-bond donors (Lipinski definition) is 0. The normalized spacial score (nSPS) is 21.6. The van der Waals surface area contributed by atoms with Gasteiger partial charge < -0.3 is 4.74 Å². The summed E-state index contributed by atoms with van der Waals surface area (Å²) in [6, 6.07) is 4.84. The van der Waals surface area contributed by atoms with Crippen LogP contribution in [0.25, 0.3) is 0 Å². The molecular formula is C23H37N3O2. The Morgan fingerprint density at radius 1 is 1.18 bits per heavy atom. The van der Waals surface area contributed by atoms with Crippen LogP contribution in [0.2, 0.25) is 0 Å². The van der Waals surface area contributed by atoms with Crippen LogP contribution in [0.5, 0.6) is 0 Å². The number of hydrogen-bond acceptors (Lipinski definition) is 4. The van der Waals surface area contributed by atoms with E-state index < -0.39 is 5.60 Å². The second-order valence-electron chi connectivity index (χ2n) is 9.29. The van der Waals surface area contributed by atoms with Crippen LogP contribution in [0.3, 0.4) is 0 Å². The van der Waals surface area contributed by atoms with E-state index >= 15 is 0 Å². The van der Waals surface area contributed by atoms with Crippen molar-refractivity contribution in [3.05, 3.63) is 23.9 Å². The molecule has 0 radical (unpaired) electrons. The van der Waals surface area contributed by atoms with Crippen molar-refractivity contribution < 1.29 is 9.53 Å². The van der Waals surface area contributed by atoms with E-state index in [2.05, 4.69) is 17.9 Å². The number of rotatable bonds is 5. The fourth-order valence-electron chi connectivity index (χ4n) is 4.58. The standard InChI is InChI=1S/C23H37N3O2/c1-5-15-25-16-9-12-20(25)18-13-14-21(24-17-18)26(19-10-7-6-8-11-19)22(27)28-23(2,3)4/h13-14,17,19-20H,5-12,15-16H2,1-4H3/t20-/m1/s1. The summed E-state index contributed by atoms with van der Waals surface area (Å²) in [6.07, 6.45) is 11.0. The van der Waals surface area contributed by atoms with E-state index in [9.17, 15) is 4.79 Å². The SMILES string of the molecule is CCCN1CCC[C@@H]1c1ccc(N(C(=O)OC(C)(C)C)C2CCCCC2)nc1. The van der Waals surface area contributed by atoms with Crippen LogP contribution in [0.4, 0.5) is 10.6 Å². The topological polar surface area (TPSA) is 45.7 Å². The van der Waals surface area contributed by atoms with Crippen molar-refractivity contribution in [1.29, 1.82) is 0 Å². The molecule has 1 saturated carbocycles. The minimum atomic E-state index is -0.506. The Morgan fingerprint density at radius 2 is 1.93 bits per heavy atom. The Balaban J connectivity index is 1.80. The molecule has 2 fully saturated rings. The number of ether oxygens (including phenoxy) is 1. The molecule has 0 unspecified atom stereocenters. The van der Waals surface area contributed by atoms with E-state index in [1.807, 2.05) is 37.9 Å². The zero-order chi connectivity index (χ0) is 20.1. The van der Waals surface area contributed by atoms with Gasteiger partial charge in [0.1, 0.15) is 11.4 Å². The van der Waals surface area contributed by atoms with E-state index in [4.69, 9.17) is 9.72 Å². The van der Waals surface area contributed by atoms with Gasteiger partial charge in [0.05, 0.1) is 0 Å². The van der Waals surface area contributed by atoms with Crippen LogP contribution >= 0.6 is 0 Å². The minimum absolute atomic E-state index is 0.185. The highest BCUT2D eigenvalue weighted by Crippen LogP contribution is 2.33. The Labute approximate surface area is 170 Å². The average Bonchev–Trinajstić information content (AvgIpc) is 3.11. The molecule has 1 aromatic rings. The van der Waals surface area contributed by atoms with Crippen molar-refractivity contribution in [2.75, 3.05) is 18.0 Å². The Morgan fingerprint density at radius 3 is 2.54 bits per heavy atom. The van der Waals surface area contributed by atoms with E-state index in [-0.39, 0.29) is 12.1 Å². The number of carbonyl (C=O) groups is 1. The second kappa shape index (κ2) is 9.25. The van der Waals surface area contributed by atoms with Crippen molar-refractivity contribution in [2.24, 2.45) is 0 Å². The molecule has 156 valence electrons. The molecule has 0 N–H and O–H groups in total. The number of pyridine rings is 1. The quantitative estimate of drug-likeness (QED) is 0.650. The molecule has 5 nitrogen and oxygen atoms in total. The van der Waals surface area contributed by atoms with Crippen LogP contribution in [0.15, 0.2) is 18.3 Å². The molecule has 0 spiro atoms. The van der Waals surface area contributed by atoms with Gasteiger partial charge in [-0.1, -0.05) is 32.3 Å². The summed E-state index contributed by atoms with van der Waals surface area (Å²) in [5, 5.41) is 0. The number of nitrogens with zero attached hydrogens (tertiary/aromatic N) is 3. The van der Waals surface area contributed by atoms with E-state index in [0.29, 0.717) is 6.04 Å². The summed E-state index contributed by atoms with van der Waals surface area (Å²) in [6.45, 7) is 10.3. The molecule has 0 bridgehead atoms. The predicted octanol–water partition coefficient (Wildman–Crippen LogP) is 5.70. The van der Waals surface area contributed by atoms with Gasteiger partial charge in [0.15, 0.2) is 0 Å². The van der Waals surface area contributed by atoms with Gasteiger partial charge in [-0.15, -0.1) is 0 Å². The molecule has 1 aromatic heterocycles. The lowest BCUT2D eigenvalue weighted by Crippen LogP contribution is -2.45. The molecule has 28 heavy (non-hydrogen) atoms. The Hall–Kier alpha value is -1.62. The van der Waals surface area contributed by atoms with Crippen molar-refractivity contribution in [1.82, 2.24) is 9.88 Å². The maximum absolute atomic E-state index is 13.0. The summed E-state index contributed by atoms with van der Waals surface area (Å²) < 4.78 is 5.73. The summed E-state index contributed by atoms with van der Waals surface area (Å²) in [4.78, 5) is 22.1. The second-order valence-corrected chi connectivity index (χ2v) is 9.29. The molecule has 1 aliphatic carbocycles. The fraction of sp³-hybridized carbons (Fsp3) is 0.739. The molecule has 1 amide bonds. The zero-order valence-electron chi connectivity index (χ0n) is 18.1. The summed E-state index contributed by atoms with van der Waals surface area (Å²) in [5.41, 5.74) is 0.761. The van der Waals surface area contributed by atoms with Crippen LogP contribution in [0, 0.1) is 0 Å². The van der Waals surface area contributed by atoms with Gasteiger partial charge >= 0.3 is 6.09 Å². The van der Waals surface area contributed by atoms with Gasteiger partial charge in [-0.3, -0.25) is 9.80 Å². The van der Waals surface area contributed by atoms with Crippen LogP contribution in [0.1, 0.15) is 90.7 Å². The largest absolute Gasteiger partial charge is 0.443 e. The van der Waals surface area contributed by atoms with E-state index in [1.165, 1.54) is 37.8 Å². The van der Waals surface area contributed by atoms with Gasteiger partial charge in [-0.25, -0.2) is 9.78 Å². The van der Waals surface area contributed by atoms with Crippen molar-refractivity contribution in [3.8, 4) is 0 Å². The summed E-state index contributed by atoms with van der Waals surface area (Å²) in [7, 11) is 0. The van der Waals surface area contributed by atoms with Crippen LogP contribution in [-0.2, 0) is 4.74 Å². The first-order valence-electron chi connectivity index (χ1n) is 11.1. The first kappa shape index (κ1) is 21.1. The lowest BCUT2D eigenvalue weighted by molar-refractivity contribution is 0.0556. The van der Waals surface area contributed by atoms with Gasteiger partial charge in [0.25, 0.3) is 0 Å². The molecule has 1 saturated heterocycles. The fourth-order valence-corrected chi connectivity index (χ4v) is 4.58. The van der Waals surface area contributed by atoms with Gasteiger partial charge in [0.2, 0.25) is 0 Å². The molecule has 0 aromatic carbocycles. The zero-order valence-corrected chi connectivity index (χ0v) is 18.1. The highest BCUT2D eigenvalue weighted by Gasteiger charge is 2.32. The monoisotopic (exact) mass is 387 g/mol. The van der Waals surface area contributed by atoms with Gasteiger partial charge in [-0.05, 0) is 77.6 Å². The number of carbonyl (C=O) groups excluding carboxylic acids is 1. The van der Waals surface area contributed by atoms with Crippen molar-refractivity contribution >= 4 is 11.9 Å². The lowest BCUT2D eigenvalue weighted by Gasteiger charge is -2.35. The highest BCUT2D eigenvalue weighted by molar-refractivity contribution is 5.87. The smallest absolute Gasteiger partial charge is 0.416 e. The molecule has 3 rings (SSSR count). The van der Waals surface area contributed by atoms with E-state index in [1.54, 1.807) is 0 Å². The Bertz CT molecular complexity index is 632. The third-order valence-corrected chi connectivity index (χ3v) is 5.81. The maximum Gasteiger partial charge on any atom is 0.416 e. The molecule has 1 aliphatic heterocycles. The van der Waals surface area contributed by atoms with E-state index in [0.717, 1.165) is 38.0 Å². The number of likely N-dealkylation sites (tertiary alicyclic amines) is 1. The lowest BCUT2D eigenvalue weighted by atomic mass is 9.94. The molecule has 1 atom stereocenters. The van der Waals surface area contributed by atoms with Gasteiger partial charge in [-0.2, -0.15) is 0 Å². The van der Waals surface area contributed by atoms with Gasteiger partial charge in [0, 0.05) is 18.3 Å². The predicted molar refractivity (Wildman–Crippen MR) is 114 cm³/mol. The number of anilines is 1. The summed E-state index contributed by atoms with van der Waals surface area (Å²) in [5.74, 6) is 0.727. The number of amides is 1. The molecule has 2 aliphatic rings.